The molecule has 1 fully saturated rings. The van der Waals surface area contributed by atoms with Crippen LogP contribution in [0.2, 0.25) is 0 Å². The number of para-hydroxylation sites is 1. The number of anilines is 1. The van der Waals surface area contributed by atoms with E-state index in [1.807, 2.05) is 24.3 Å². The lowest BCUT2D eigenvalue weighted by atomic mass is 10.1. The highest BCUT2D eigenvalue weighted by Gasteiger charge is 2.29. The zero-order valence-corrected chi connectivity index (χ0v) is 14.3. The number of hydrogen-bond donors (Lipinski definition) is 2. The van der Waals surface area contributed by atoms with Crippen LogP contribution in [0.3, 0.4) is 0 Å². The first kappa shape index (κ1) is 16.2. The molecule has 1 aliphatic heterocycles. The zero-order chi connectivity index (χ0) is 16.3. The van der Waals surface area contributed by atoms with Crippen LogP contribution in [0.5, 0.6) is 0 Å². The van der Waals surface area contributed by atoms with Gasteiger partial charge >= 0.3 is 0 Å². The maximum Gasteiger partial charge on any atom is 0.220 e. The quantitative estimate of drug-likeness (QED) is 0.771. The molecule has 1 aliphatic rings. The summed E-state index contributed by atoms with van der Waals surface area (Å²) in [7, 11) is -2.91. The Kier molecular flexibility index (Phi) is 4.82. The molecule has 2 heterocycles. The summed E-state index contributed by atoms with van der Waals surface area (Å²) in [5.74, 6) is 0.240. The van der Waals surface area contributed by atoms with Crippen LogP contribution in [0, 0.1) is 5.92 Å². The third-order valence-corrected chi connectivity index (χ3v) is 6.65. The van der Waals surface area contributed by atoms with Gasteiger partial charge in [0.15, 0.2) is 15.0 Å². The Morgan fingerprint density at radius 3 is 2.87 bits per heavy atom. The van der Waals surface area contributed by atoms with Crippen molar-refractivity contribution >= 4 is 42.4 Å². The van der Waals surface area contributed by atoms with Crippen molar-refractivity contribution in [3.63, 3.8) is 0 Å². The summed E-state index contributed by atoms with van der Waals surface area (Å²) in [6.07, 6.45) is 0.889. The van der Waals surface area contributed by atoms with Crippen molar-refractivity contribution in [3.8, 4) is 0 Å². The van der Waals surface area contributed by atoms with Gasteiger partial charge in [-0.05, 0) is 24.5 Å². The fourth-order valence-electron chi connectivity index (χ4n) is 2.69. The molecule has 6 nitrogen and oxygen atoms in total. The summed E-state index contributed by atoms with van der Waals surface area (Å²) in [5, 5.41) is 6.85. The second-order valence-electron chi connectivity index (χ2n) is 5.74. The average Bonchev–Trinajstić information content (AvgIpc) is 3.06. The van der Waals surface area contributed by atoms with E-state index >= 15 is 0 Å². The van der Waals surface area contributed by atoms with Gasteiger partial charge in [0.05, 0.1) is 21.7 Å². The highest BCUT2D eigenvalue weighted by Crippen LogP contribution is 2.25. The molecule has 3 rings (SSSR count). The Bertz CT molecular complexity index is 768. The Morgan fingerprint density at radius 1 is 1.30 bits per heavy atom. The summed E-state index contributed by atoms with van der Waals surface area (Å²) >= 11 is 1.58. The summed E-state index contributed by atoms with van der Waals surface area (Å²) in [6.45, 7) is 1.09. The van der Waals surface area contributed by atoms with Crippen LogP contribution in [0.4, 0.5) is 5.13 Å². The maximum absolute atomic E-state index is 11.8. The van der Waals surface area contributed by atoms with E-state index in [9.17, 15) is 13.2 Å². The minimum Gasteiger partial charge on any atom is -0.360 e. The number of sulfone groups is 1. The number of nitrogens with one attached hydrogen (secondary N) is 2. The normalized spacial score (nSPS) is 19.7. The first-order chi connectivity index (χ1) is 11.0. The lowest BCUT2D eigenvalue weighted by Crippen LogP contribution is -2.30. The van der Waals surface area contributed by atoms with E-state index in [1.54, 1.807) is 11.3 Å². The molecular formula is C15H19N3O3S2. The minimum absolute atomic E-state index is 0.0304. The topological polar surface area (TPSA) is 88.2 Å². The zero-order valence-electron chi connectivity index (χ0n) is 12.6. The molecule has 8 heteroatoms. The maximum atomic E-state index is 11.8. The molecule has 23 heavy (non-hydrogen) atoms. The first-order valence-electron chi connectivity index (χ1n) is 7.58. The Balaban J connectivity index is 1.38. The number of amides is 1. The summed E-state index contributed by atoms with van der Waals surface area (Å²) in [5.41, 5.74) is 0.964. The second-order valence-corrected chi connectivity index (χ2v) is 9.00. The molecule has 2 N–H and O–H groups in total. The largest absolute Gasteiger partial charge is 0.360 e. The van der Waals surface area contributed by atoms with Gasteiger partial charge in [-0.1, -0.05) is 23.5 Å². The molecule has 1 aromatic carbocycles. The van der Waals surface area contributed by atoms with E-state index in [4.69, 9.17) is 0 Å². The molecule has 1 amide bonds. The fourth-order valence-corrected chi connectivity index (χ4v) is 5.44. The van der Waals surface area contributed by atoms with E-state index in [-0.39, 0.29) is 23.3 Å². The van der Waals surface area contributed by atoms with Gasteiger partial charge < -0.3 is 10.6 Å². The summed E-state index contributed by atoms with van der Waals surface area (Å²) < 4.78 is 23.9. The van der Waals surface area contributed by atoms with Crippen molar-refractivity contribution < 1.29 is 13.2 Å². The van der Waals surface area contributed by atoms with Gasteiger partial charge in [-0.3, -0.25) is 4.79 Å². The van der Waals surface area contributed by atoms with Crippen LogP contribution in [0.15, 0.2) is 24.3 Å². The number of carbonyl (C=O) groups excluding carboxylic acids is 1. The van der Waals surface area contributed by atoms with Crippen LogP contribution in [0.25, 0.3) is 10.2 Å². The fraction of sp³-hybridized carbons (Fsp3) is 0.467. The molecule has 0 bridgehead atoms. The standard InChI is InChI=1S/C15H19N3O3S2/c19-14(9-11-5-8-23(20,21)10-11)16-6-7-17-15-18-12-3-1-2-4-13(12)22-15/h1-4,11H,5-10H2,(H,16,19)(H,17,18). The Hall–Kier alpha value is -1.67. The molecule has 2 aromatic rings. The van der Waals surface area contributed by atoms with Crippen LogP contribution in [-0.4, -0.2) is 43.9 Å². The van der Waals surface area contributed by atoms with Crippen LogP contribution < -0.4 is 10.6 Å². The van der Waals surface area contributed by atoms with Crippen LogP contribution in [-0.2, 0) is 14.6 Å². The van der Waals surface area contributed by atoms with Crippen molar-refractivity contribution in [2.75, 3.05) is 29.9 Å². The third kappa shape index (κ3) is 4.42. The molecule has 0 spiro atoms. The van der Waals surface area contributed by atoms with Gasteiger partial charge in [0.2, 0.25) is 5.91 Å². The highest BCUT2D eigenvalue weighted by molar-refractivity contribution is 7.91. The van der Waals surface area contributed by atoms with Crippen LogP contribution >= 0.6 is 11.3 Å². The van der Waals surface area contributed by atoms with Crippen molar-refractivity contribution in [1.29, 1.82) is 0 Å². The number of rotatable bonds is 6. The molecule has 1 saturated heterocycles. The number of hydrogen-bond acceptors (Lipinski definition) is 6. The number of thiazole rings is 1. The number of fused-ring (bicyclic) bond motifs is 1. The molecule has 124 valence electrons. The van der Waals surface area contributed by atoms with Crippen molar-refractivity contribution in [2.24, 2.45) is 5.92 Å². The lowest BCUT2D eigenvalue weighted by Gasteiger charge is -2.09. The molecule has 1 unspecified atom stereocenters. The predicted octanol–water partition coefficient (Wildman–Crippen LogP) is 1.65. The second kappa shape index (κ2) is 6.84. The Labute approximate surface area is 139 Å². The summed E-state index contributed by atoms with van der Waals surface area (Å²) in [4.78, 5) is 16.3. The number of aromatic nitrogens is 1. The number of carbonyl (C=O) groups is 1. The molecule has 1 aromatic heterocycles. The van der Waals surface area contributed by atoms with Crippen molar-refractivity contribution in [1.82, 2.24) is 10.3 Å². The monoisotopic (exact) mass is 353 g/mol. The average molecular weight is 353 g/mol. The molecular weight excluding hydrogens is 334 g/mol. The minimum atomic E-state index is -2.91. The van der Waals surface area contributed by atoms with Crippen molar-refractivity contribution in [3.05, 3.63) is 24.3 Å². The molecule has 0 aliphatic carbocycles. The number of benzene rings is 1. The van der Waals surface area contributed by atoms with Gasteiger partial charge in [0.1, 0.15) is 0 Å². The summed E-state index contributed by atoms with van der Waals surface area (Å²) in [6, 6.07) is 7.92. The van der Waals surface area contributed by atoms with Gasteiger partial charge in [0.25, 0.3) is 0 Å². The van der Waals surface area contributed by atoms with E-state index in [2.05, 4.69) is 15.6 Å². The molecule has 0 saturated carbocycles. The third-order valence-electron chi connectivity index (χ3n) is 3.82. The SMILES string of the molecule is O=C(CC1CCS(=O)(=O)C1)NCCNc1nc2ccccc2s1. The van der Waals surface area contributed by atoms with Crippen LogP contribution in [0.1, 0.15) is 12.8 Å². The van der Waals surface area contributed by atoms with E-state index in [0.29, 0.717) is 25.9 Å². The predicted molar refractivity (Wildman–Crippen MR) is 92.5 cm³/mol. The van der Waals surface area contributed by atoms with E-state index in [0.717, 1.165) is 15.3 Å². The lowest BCUT2D eigenvalue weighted by molar-refractivity contribution is -0.121. The van der Waals surface area contributed by atoms with E-state index < -0.39 is 9.84 Å². The Morgan fingerprint density at radius 2 is 2.13 bits per heavy atom. The molecule has 0 radical (unpaired) electrons. The number of nitrogens with zero attached hydrogens (tertiary/aromatic N) is 1. The van der Waals surface area contributed by atoms with Gasteiger partial charge in [0, 0.05) is 19.5 Å². The van der Waals surface area contributed by atoms with E-state index in [1.165, 1.54) is 0 Å². The smallest absolute Gasteiger partial charge is 0.220 e. The van der Waals surface area contributed by atoms with Gasteiger partial charge in [-0.25, -0.2) is 13.4 Å². The van der Waals surface area contributed by atoms with Crippen molar-refractivity contribution in [2.45, 2.75) is 12.8 Å². The highest BCUT2D eigenvalue weighted by atomic mass is 32.2. The van der Waals surface area contributed by atoms with Gasteiger partial charge in [-0.2, -0.15) is 0 Å². The first-order valence-corrected chi connectivity index (χ1v) is 10.2. The molecule has 1 atom stereocenters. The van der Waals surface area contributed by atoms with Gasteiger partial charge in [-0.15, -0.1) is 0 Å².